The van der Waals surface area contributed by atoms with Crippen molar-refractivity contribution in [3.8, 4) is 0 Å². The van der Waals surface area contributed by atoms with Crippen LogP contribution in [0.25, 0.3) is 0 Å². The molecular formula is C11H13ClN2O3S. The second kappa shape index (κ2) is 6.61. The summed E-state index contributed by atoms with van der Waals surface area (Å²) in [5.41, 5.74) is -0.255. The van der Waals surface area contributed by atoms with Gasteiger partial charge in [-0.2, -0.15) is 11.8 Å². The fourth-order valence-electron chi connectivity index (χ4n) is 1.26. The van der Waals surface area contributed by atoms with E-state index in [0.29, 0.717) is 11.6 Å². The summed E-state index contributed by atoms with van der Waals surface area (Å²) in [4.78, 5) is 22.1. The van der Waals surface area contributed by atoms with E-state index in [-0.39, 0.29) is 16.5 Å². The maximum Gasteiger partial charge on any atom is 0.282 e. The summed E-state index contributed by atoms with van der Waals surface area (Å²) < 4.78 is 0. The number of halogens is 1. The lowest BCUT2D eigenvalue weighted by Gasteiger charge is -2.10. The number of carbonyl (C=O) groups is 1. The third-order valence-corrected chi connectivity index (χ3v) is 3.56. The maximum absolute atomic E-state index is 11.9. The number of amides is 1. The summed E-state index contributed by atoms with van der Waals surface area (Å²) in [6.07, 6.45) is 1.93. The number of thioether (sulfide) groups is 1. The minimum absolute atomic E-state index is 0.0131. The first-order valence-corrected chi connectivity index (χ1v) is 6.87. The Morgan fingerprint density at radius 3 is 2.83 bits per heavy atom. The number of rotatable bonds is 5. The lowest BCUT2D eigenvalue weighted by atomic mass is 10.1. The highest BCUT2D eigenvalue weighted by Crippen LogP contribution is 2.22. The van der Waals surface area contributed by atoms with Gasteiger partial charge in [-0.05, 0) is 18.4 Å². The van der Waals surface area contributed by atoms with Gasteiger partial charge < -0.3 is 5.32 Å². The van der Waals surface area contributed by atoms with Crippen LogP contribution >= 0.6 is 23.4 Å². The van der Waals surface area contributed by atoms with Gasteiger partial charge >= 0.3 is 0 Å². The molecule has 0 aliphatic rings. The van der Waals surface area contributed by atoms with E-state index < -0.39 is 10.8 Å². The first kappa shape index (κ1) is 14.8. The number of carbonyl (C=O) groups excluding carboxylic acids is 1. The van der Waals surface area contributed by atoms with Crippen LogP contribution in [0.15, 0.2) is 18.2 Å². The van der Waals surface area contributed by atoms with Crippen molar-refractivity contribution in [1.82, 2.24) is 5.32 Å². The Bertz CT molecular complexity index is 468. The summed E-state index contributed by atoms with van der Waals surface area (Å²) in [6.45, 7) is 2.40. The number of hydrogen-bond acceptors (Lipinski definition) is 4. The number of nitro groups is 1. The fraction of sp³-hybridized carbons (Fsp3) is 0.364. The number of nitrogens with one attached hydrogen (secondary N) is 1. The molecule has 0 radical (unpaired) electrons. The highest BCUT2D eigenvalue weighted by molar-refractivity contribution is 7.99. The van der Waals surface area contributed by atoms with Crippen LogP contribution in [-0.4, -0.2) is 28.9 Å². The van der Waals surface area contributed by atoms with Crippen LogP contribution in [0.1, 0.15) is 17.3 Å². The molecule has 0 aromatic heterocycles. The Morgan fingerprint density at radius 2 is 2.28 bits per heavy atom. The van der Waals surface area contributed by atoms with Crippen molar-refractivity contribution < 1.29 is 9.72 Å². The maximum atomic E-state index is 11.9. The first-order chi connectivity index (χ1) is 8.45. The normalized spacial score (nSPS) is 11.9. The minimum atomic E-state index is -0.594. The molecule has 0 saturated carbocycles. The summed E-state index contributed by atoms with van der Waals surface area (Å²) in [5.74, 6) is -0.481. The van der Waals surface area contributed by atoms with Gasteiger partial charge in [0.15, 0.2) is 0 Å². The molecule has 0 fully saturated rings. The molecule has 7 heteroatoms. The van der Waals surface area contributed by atoms with Crippen LogP contribution in [0.5, 0.6) is 0 Å². The Hall–Kier alpha value is -1.27. The van der Waals surface area contributed by atoms with Crippen molar-refractivity contribution in [2.75, 3.05) is 12.8 Å². The van der Waals surface area contributed by atoms with E-state index in [1.54, 1.807) is 11.8 Å². The fourth-order valence-corrected chi connectivity index (χ4v) is 1.69. The average Bonchev–Trinajstić information content (AvgIpc) is 2.34. The van der Waals surface area contributed by atoms with Gasteiger partial charge in [-0.3, -0.25) is 14.9 Å². The molecule has 1 unspecified atom stereocenters. The van der Waals surface area contributed by atoms with Gasteiger partial charge in [0.05, 0.1) is 4.92 Å². The van der Waals surface area contributed by atoms with Crippen LogP contribution in [-0.2, 0) is 0 Å². The van der Waals surface area contributed by atoms with Gasteiger partial charge in [0.25, 0.3) is 11.6 Å². The number of nitro benzene ring substituents is 1. The predicted molar refractivity (Wildman–Crippen MR) is 73.4 cm³/mol. The SMILES string of the molecule is CSC(C)CNC(=O)c1cc(Cl)ccc1[N+](=O)[O-]. The highest BCUT2D eigenvalue weighted by Gasteiger charge is 2.20. The van der Waals surface area contributed by atoms with Crippen molar-refractivity contribution >= 4 is 35.0 Å². The van der Waals surface area contributed by atoms with E-state index in [1.807, 2.05) is 13.2 Å². The Kier molecular flexibility index (Phi) is 5.43. The van der Waals surface area contributed by atoms with Crippen LogP contribution in [0.3, 0.4) is 0 Å². The number of hydrogen-bond donors (Lipinski definition) is 1. The van der Waals surface area contributed by atoms with Crippen LogP contribution in [0, 0.1) is 10.1 Å². The lowest BCUT2D eigenvalue weighted by Crippen LogP contribution is -2.29. The molecule has 0 spiro atoms. The predicted octanol–water partition coefficient (Wildman–Crippen LogP) is 2.73. The highest BCUT2D eigenvalue weighted by atomic mass is 35.5. The first-order valence-electron chi connectivity index (χ1n) is 5.20. The van der Waals surface area contributed by atoms with E-state index in [0.717, 1.165) is 0 Å². The van der Waals surface area contributed by atoms with Gasteiger partial charge in [-0.15, -0.1) is 0 Å². The summed E-state index contributed by atoms with van der Waals surface area (Å²) in [5, 5.41) is 14.0. The monoisotopic (exact) mass is 288 g/mol. The zero-order valence-electron chi connectivity index (χ0n) is 9.97. The zero-order valence-corrected chi connectivity index (χ0v) is 11.5. The summed E-state index contributed by atoms with van der Waals surface area (Å²) in [7, 11) is 0. The van der Waals surface area contributed by atoms with E-state index in [2.05, 4.69) is 5.32 Å². The number of nitrogens with zero attached hydrogens (tertiary/aromatic N) is 1. The third kappa shape index (κ3) is 3.89. The van der Waals surface area contributed by atoms with Crippen molar-refractivity contribution in [1.29, 1.82) is 0 Å². The van der Waals surface area contributed by atoms with Gasteiger partial charge in [-0.25, -0.2) is 0 Å². The quantitative estimate of drug-likeness (QED) is 0.668. The summed E-state index contributed by atoms with van der Waals surface area (Å²) in [6, 6.07) is 3.93. The zero-order chi connectivity index (χ0) is 13.7. The second-order valence-electron chi connectivity index (χ2n) is 3.67. The van der Waals surface area contributed by atoms with Gasteiger partial charge in [0.1, 0.15) is 5.56 Å². The van der Waals surface area contributed by atoms with Crippen LogP contribution < -0.4 is 5.32 Å². The molecule has 0 bridgehead atoms. The molecule has 1 atom stereocenters. The molecule has 1 amide bonds. The Morgan fingerprint density at radius 1 is 1.61 bits per heavy atom. The van der Waals surface area contributed by atoms with Crippen molar-refractivity contribution in [2.24, 2.45) is 0 Å². The molecular weight excluding hydrogens is 276 g/mol. The molecule has 18 heavy (non-hydrogen) atoms. The number of benzene rings is 1. The van der Waals surface area contributed by atoms with Gasteiger partial charge in [0.2, 0.25) is 0 Å². The molecule has 1 rings (SSSR count). The second-order valence-corrected chi connectivity index (χ2v) is 5.39. The largest absolute Gasteiger partial charge is 0.351 e. The molecule has 1 aromatic carbocycles. The smallest absolute Gasteiger partial charge is 0.282 e. The van der Waals surface area contributed by atoms with Gasteiger partial charge in [-0.1, -0.05) is 18.5 Å². The van der Waals surface area contributed by atoms with E-state index >= 15 is 0 Å². The molecule has 5 nitrogen and oxygen atoms in total. The van der Waals surface area contributed by atoms with Crippen molar-refractivity contribution in [3.63, 3.8) is 0 Å². The van der Waals surface area contributed by atoms with Crippen LogP contribution in [0.4, 0.5) is 5.69 Å². The van der Waals surface area contributed by atoms with E-state index in [9.17, 15) is 14.9 Å². The van der Waals surface area contributed by atoms with E-state index in [1.165, 1.54) is 18.2 Å². The molecule has 0 saturated heterocycles. The van der Waals surface area contributed by atoms with Crippen LogP contribution in [0.2, 0.25) is 5.02 Å². The lowest BCUT2D eigenvalue weighted by molar-refractivity contribution is -0.385. The molecule has 98 valence electrons. The molecule has 0 heterocycles. The Balaban J connectivity index is 2.90. The average molecular weight is 289 g/mol. The Labute approximate surface area is 114 Å². The third-order valence-electron chi connectivity index (χ3n) is 2.35. The molecule has 1 aromatic rings. The van der Waals surface area contributed by atoms with E-state index in [4.69, 9.17) is 11.6 Å². The molecule has 0 aliphatic heterocycles. The van der Waals surface area contributed by atoms with Crippen molar-refractivity contribution in [3.05, 3.63) is 38.9 Å². The standard InChI is InChI=1S/C11H13ClN2O3S/c1-7(18-2)6-13-11(15)9-5-8(12)3-4-10(9)14(16)17/h3-5,7H,6H2,1-2H3,(H,13,15). The topological polar surface area (TPSA) is 72.2 Å². The molecule has 1 N–H and O–H groups in total. The molecule has 0 aliphatic carbocycles. The van der Waals surface area contributed by atoms with Gasteiger partial charge in [0, 0.05) is 22.9 Å². The summed E-state index contributed by atoms with van der Waals surface area (Å²) >= 11 is 7.35. The minimum Gasteiger partial charge on any atom is -0.351 e. The van der Waals surface area contributed by atoms with Crippen molar-refractivity contribution in [2.45, 2.75) is 12.2 Å².